The predicted molar refractivity (Wildman–Crippen MR) is 74.2 cm³/mol. The summed E-state index contributed by atoms with van der Waals surface area (Å²) in [5.74, 6) is -1.38. The third kappa shape index (κ3) is 3.59. The van der Waals surface area contributed by atoms with Crippen molar-refractivity contribution in [2.24, 2.45) is 11.7 Å². The molecule has 1 aliphatic rings. The van der Waals surface area contributed by atoms with E-state index in [0.717, 1.165) is 10.5 Å². The molecule has 1 aromatic carbocycles. The lowest BCUT2D eigenvalue weighted by Crippen LogP contribution is -2.27. The monoisotopic (exact) mass is 299 g/mol. The molecule has 1 amide bonds. The van der Waals surface area contributed by atoms with E-state index < -0.39 is 27.7 Å². The van der Waals surface area contributed by atoms with Crippen LogP contribution in [0.25, 0.3) is 6.08 Å². The van der Waals surface area contributed by atoms with Gasteiger partial charge in [-0.2, -0.15) is 8.42 Å². The molecule has 3 N–H and O–H groups in total. The molecule has 7 heteroatoms. The van der Waals surface area contributed by atoms with Gasteiger partial charge in [-0.15, -0.1) is 11.8 Å². The summed E-state index contributed by atoms with van der Waals surface area (Å²) in [6.45, 7) is 0. The van der Waals surface area contributed by atoms with E-state index in [2.05, 4.69) is 0 Å². The zero-order chi connectivity index (χ0) is 14.0. The van der Waals surface area contributed by atoms with Crippen LogP contribution in [0.2, 0.25) is 0 Å². The van der Waals surface area contributed by atoms with Gasteiger partial charge in [0.15, 0.2) is 0 Å². The summed E-state index contributed by atoms with van der Waals surface area (Å²) >= 11 is 1.44. The van der Waals surface area contributed by atoms with Crippen molar-refractivity contribution in [1.82, 2.24) is 0 Å². The van der Waals surface area contributed by atoms with Crippen molar-refractivity contribution in [2.75, 3.05) is 11.5 Å². The number of fused-ring (bicyclic) bond motifs is 1. The first kappa shape index (κ1) is 14.1. The van der Waals surface area contributed by atoms with E-state index in [1.54, 1.807) is 6.08 Å². The van der Waals surface area contributed by atoms with Crippen molar-refractivity contribution in [3.63, 3.8) is 0 Å². The third-order valence-electron chi connectivity index (χ3n) is 2.81. The number of nitrogens with two attached hydrogens (primary N) is 1. The summed E-state index contributed by atoms with van der Waals surface area (Å²) in [5.41, 5.74) is 6.37. The Labute approximate surface area is 115 Å². The molecule has 5 nitrogen and oxygen atoms in total. The number of thioether (sulfide) groups is 1. The highest BCUT2D eigenvalue weighted by molar-refractivity contribution is 7.99. The average Bonchev–Trinajstić information content (AvgIpc) is 2.47. The summed E-state index contributed by atoms with van der Waals surface area (Å²) < 4.78 is 31.0. The Balaban J connectivity index is 2.43. The molecule has 0 radical (unpaired) electrons. The van der Waals surface area contributed by atoms with Crippen LogP contribution >= 0.6 is 11.8 Å². The van der Waals surface area contributed by atoms with Gasteiger partial charge in [-0.25, -0.2) is 0 Å². The normalized spacial score (nSPS) is 19.2. The number of carbonyl (C=O) groups is 1. The Hall–Kier alpha value is -1.31. The van der Waals surface area contributed by atoms with Crippen LogP contribution in [0.3, 0.4) is 0 Å². The van der Waals surface area contributed by atoms with Gasteiger partial charge < -0.3 is 5.73 Å². The Morgan fingerprint density at radius 1 is 1.42 bits per heavy atom. The molecule has 1 aromatic rings. The second-order valence-electron chi connectivity index (χ2n) is 4.26. The summed E-state index contributed by atoms with van der Waals surface area (Å²) in [6.07, 6.45) is 1.60. The first-order chi connectivity index (χ1) is 8.87. The van der Waals surface area contributed by atoms with Crippen LogP contribution in [0.5, 0.6) is 0 Å². The maximum atomic E-state index is 11.5. The van der Waals surface area contributed by atoms with E-state index in [1.165, 1.54) is 11.8 Å². The SMILES string of the molecule is NC(=O)C1=Cc2ccccc2SCC1CS(=O)(=O)O. The predicted octanol–water partition coefficient (Wildman–Crippen LogP) is 1.17. The second-order valence-corrected chi connectivity index (χ2v) is 6.82. The average molecular weight is 299 g/mol. The molecule has 1 aliphatic heterocycles. The molecule has 2 rings (SSSR count). The molecule has 102 valence electrons. The molecular formula is C12H13NO4S2. The molecule has 0 aromatic heterocycles. The zero-order valence-corrected chi connectivity index (χ0v) is 11.6. The summed E-state index contributed by atoms with van der Waals surface area (Å²) in [6, 6.07) is 7.43. The second kappa shape index (κ2) is 5.36. The molecule has 1 atom stereocenters. The van der Waals surface area contributed by atoms with E-state index in [0.29, 0.717) is 5.75 Å². The topological polar surface area (TPSA) is 97.5 Å². The first-order valence-corrected chi connectivity index (χ1v) is 8.14. The van der Waals surface area contributed by atoms with Gasteiger partial charge in [0.1, 0.15) is 0 Å². The Morgan fingerprint density at radius 2 is 2.11 bits per heavy atom. The minimum atomic E-state index is -4.16. The molecule has 0 aliphatic carbocycles. The maximum absolute atomic E-state index is 11.5. The number of carbonyl (C=O) groups excluding carboxylic acids is 1. The number of hydrogen-bond acceptors (Lipinski definition) is 4. The minimum absolute atomic E-state index is 0.232. The minimum Gasteiger partial charge on any atom is -0.366 e. The number of rotatable bonds is 3. The quantitative estimate of drug-likeness (QED) is 0.816. The van der Waals surface area contributed by atoms with Crippen molar-refractivity contribution in [1.29, 1.82) is 0 Å². The lowest BCUT2D eigenvalue weighted by Gasteiger charge is -2.14. The molecule has 1 heterocycles. The summed E-state index contributed by atoms with van der Waals surface area (Å²) in [5, 5.41) is 0. The lowest BCUT2D eigenvalue weighted by molar-refractivity contribution is -0.114. The molecule has 0 saturated carbocycles. The van der Waals surface area contributed by atoms with Gasteiger partial charge in [-0.3, -0.25) is 9.35 Å². The standard InChI is InChI=1S/C12H13NO4S2/c13-12(14)10-5-8-3-1-2-4-11(8)18-6-9(10)7-19(15,16)17/h1-5,9H,6-7H2,(H2,13,14)(H,15,16,17). The van der Waals surface area contributed by atoms with E-state index in [-0.39, 0.29) is 5.57 Å². The van der Waals surface area contributed by atoms with Crippen LogP contribution in [0, 0.1) is 5.92 Å². The van der Waals surface area contributed by atoms with Crippen molar-refractivity contribution in [3.05, 3.63) is 35.4 Å². The molecule has 0 fully saturated rings. The van der Waals surface area contributed by atoms with Gasteiger partial charge in [-0.05, 0) is 17.7 Å². The lowest BCUT2D eigenvalue weighted by atomic mass is 9.99. The fourth-order valence-corrected chi connectivity index (χ4v) is 4.06. The van der Waals surface area contributed by atoms with Crippen LogP contribution in [0.1, 0.15) is 5.56 Å². The summed E-state index contributed by atoms with van der Waals surface area (Å²) in [4.78, 5) is 12.4. The van der Waals surface area contributed by atoms with E-state index in [9.17, 15) is 13.2 Å². The molecule has 1 unspecified atom stereocenters. The van der Waals surface area contributed by atoms with Crippen LogP contribution in [0.4, 0.5) is 0 Å². The maximum Gasteiger partial charge on any atom is 0.265 e. The van der Waals surface area contributed by atoms with Gasteiger partial charge >= 0.3 is 0 Å². The molecule has 0 bridgehead atoms. The molecule has 0 spiro atoms. The first-order valence-electron chi connectivity index (χ1n) is 5.55. The molecular weight excluding hydrogens is 286 g/mol. The molecule has 19 heavy (non-hydrogen) atoms. The third-order valence-corrected chi connectivity index (χ3v) is 4.88. The van der Waals surface area contributed by atoms with Gasteiger partial charge in [0.05, 0.1) is 5.75 Å². The fraction of sp³-hybridized carbons (Fsp3) is 0.250. The van der Waals surface area contributed by atoms with E-state index >= 15 is 0 Å². The Kier molecular flexibility index (Phi) is 3.98. The van der Waals surface area contributed by atoms with Gasteiger partial charge in [0, 0.05) is 22.1 Å². The van der Waals surface area contributed by atoms with Crippen molar-refractivity contribution >= 4 is 33.9 Å². The smallest absolute Gasteiger partial charge is 0.265 e. The van der Waals surface area contributed by atoms with Crippen LogP contribution in [0.15, 0.2) is 34.7 Å². The highest BCUT2D eigenvalue weighted by atomic mass is 32.2. The Morgan fingerprint density at radius 3 is 2.74 bits per heavy atom. The van der Waals surface area contributed by atoms with Crippen molar-refractivity contribution < 1.29 is 17.8 Å². The largest absolute Gasteiger partial charge is 0.366 e. The van der Waals surface area contributed by atoms with Crippen LogP contribution in [-0.2, 0) is 14.9 Å². The fourth-order valence-electron chi connectivity index (χ4n) is 1.96. The number of benzene rings is 1. The van der Waals surface area contributed by atoms with Gasteiger partial charge in [0.25, 0.3) is 10.1 Å². The highest BCUT2D eigenvalue weighted by Crippen LogP contribution is 2.33. The number of hydrogen-bond donors (Lipinski definition) is 2. The van der Waals surface area contributed by atoms with Crippen molar-refractivity contribution in [2.45, 2.75) is 4.90 Å². The highest BCUT2D eigenvalue weighted by Gasteiger charge is 2.27. The van der Waals surface area contributed by atoms with E-state index in [4.69, 9.17) is 10.3 Å². The zero-order valence-electron chi connectivity index (χ0n) is 9.94. The van der Waals surface area contributed by atoms with E-state index in [1.807, 2.05) is 24.3 Å². The van der Waals surface area contributed by atoms with Crippen LogP contribution < -0.4 is 5.73 Å². The summed E-state index contributed by atoms with van der Waals surface area (Å²) in [7, 11) is -4.16. The Bertz CT molecular complexity index is 637. The molecule has 0 saturated heterocycles. The van der Waals surface area contributed by atoms with Gasteiger partial charge in [0.2, 0.25) is 5.91 Å². The number of primary amides is 1. The number of amides is 1. The van der Waals surface area contributed by atoms with Crippen molar-refractivity contribution in [3.8, 4) is 0 Å². The van der Waals surface area contributed by atoms with Crippen LogP contribution in [-0.4, -0.2) is 30.4 Å². The van der Waals surface area contributed by atoms with Gasteiger partial charge in [-0.1, -0.05) is 18.2 Å².